The Labute approximate surface area is 191 Å². The van der Waals surface area contributed by atoms with Crippen LogP contribution in [-0.4, -0.2) is 58.8 Å². The molecule has 4 aromatic rings. The van der Waals surface area contributed by atoms with Crippen molar-refractivity contribution in [1.82, 2.24) is 19.6 Å². The van der Waals surface area contributed by atoms with Gasteiger partial charge < -0.3 is 18.8 Å². The molecule has 1 aliphatic rings. The molecule has 0 aromatic carbocycles. The second-order valence-corrected chi connectivity index (χ2v) is 8.27. The summed E-state index contributed by atoms with van der Waals surface area (Å²) in [4.78, 5) is 22.7. The smallest absolute Gasteiger partial charge is 0.231 e. The Kier molecular flexibility index (Phi) is 5.95. The van der Waals surface area contributed by atoms with Crippen molar-refractivity contribution in [3.05, 3.63) is 36.7 Å². The lowest BCUT2D eigenvalue weighted by atomic mass is 10.1. The van der Waals surface area contributed by atoms with Crippen molar-refractivity contribution in [2.24, 2.45) is 5.92 Å². The molecule has 4 aromatic heterocycles. The largest absolute Gasteiger partial charge is 0.476 e. The highest BCUT2D eigenvalue weighted by molar-refractivity contribution is 5.91. The van der Waals surface area contributed by atoms with Gasteiger partial charge in [0.2, 0.25) is 5.88 Å². The number of pyridine rings is 1. The minimum atomic E-state index is 0.262. The van der Waals surface area contributed by atoms with Crippen LogP contribution in [0.4, 0.5) is 5.82 Å². The molecule has 33 heavy (non-hydrogen) atoms. The van der Waals surface area contributed by atoms with E-state index in [1.165, 1.54) is 0 Å². The zero-order valence-electron chi connectivity index (χ0n) is 18.9. The van der Waals surface area contributed by atoms with E-state index in [1.54, 1.807) is 30.1 Å². The molecule has 4 heterocycles. The topological polar surface area (TPSA) is 95.0 Å². The Balaban J connectivity index is 1.45. The van der Waals surface area contributed by atoms with Gasteiger partial charge in [0, 0.05) is 51.2 Å². The van der Waals surface area contributed by atoms with Crippen molar-refractivity contribution in [3.63, 3.8) is 0 Å². The number of carbonyl (C=O) groups excluding carboxylic acids is 1. The van der Waals surface area contributed by atoms with E-state index < -0.39 is 0 Å². The quantitative estimate of drug-likeness (QED) is 0.381. The number of ether oxygens (including phenoxy) is 2. The molecule has 0 saturated heterocycles. The Bertz CT molecular complexity index is 1280. The van der Waals surface area contributed by atoms with E-state index in [0.717, 1.165) is 42.0 Å². The molecule has 9 nitrogen and oxygen atoms in total. The molecule has 1 fully saturated rings. The average molecular weight is 450 g/mol. The number of Topliss-reactive ketones (excluding diaryl/α,β-unsaturated/α-hetero) is 1. The van der Waals surface area contributed by atoms with Crippen LogP contribution in [0.3, 0.4) is 0 Å². The van der Waals surface area contributed by atoms with Gasteiger partial charge in [-0.3, -0.25) is 4.79 Å². The summed E-state index contributed by atoms with van der Waals surface area (Å²) < 4.78 is 19.0. The summed E-state index contributed by atoms with van der Waals surface area (Å²) in [5, 5.41) is 5.55. The third-order valence-corrected chi connectivity index (χ3v) is 6.08. The number of nitrogens with zero attached hydrogens (tertiary/aromatic N) is 5. The van der Waals surface area contributed by atoms with Crippen molar-refractivity contribution >= 4 is 28.2 Å². The maximum Gasteiger partial charge on any atom is 0.231 e. The van der Waals surface area contributed by atoms with Gasteiger partial charge in [-0.15, -0.1) is 5.10 Å². The molecule has 0 bridgehead atoms. The summed E-state index contributed by atoms with van der Waals surface area (Å²) in [7, 11) is 1.70. The van der Waals surface area contributed by atoms with Gasteiger partial charge in [0.15, 0.2) is 11.4 Å². The number of rotatable bonds is 9. The molecule has 172 valence electrons. The second-order valence-electron chi connectivity index (χ2n) is 8.27. The fraction of sp³-hybridized carbons (Fsp3) is 0.417. The number of aromatic nitrogens is 4. The lowest BCUT2D eigenvalue weighted by Crippen LogP contribution is -2.27. The van der Waals surface area contributed by atoms with E-state index in [1.807, 2.05) is 18.2 Å². The molecule has 5 rings (SSSR count). The average Bonchev–Trinajstić information content (AvgIpc) is 3.55. The number of hydrogen-bond donors (Lipinski definition) is 0. The van der Waals surface area contributed by atoms with Crippen LogP contribution in [0.2, 0.25) is 0 Å². The van der Waals surface area contributed by atoms with Gasteiger partial charge in [-0.1, -0.05) is 0 Å². The second kappa shape index (κ2) is 9.19. The van der Waals surface area contributed by atoms with Crippen molar-refractivity contribution < 1.29 is 18.7 Å². The number of methoxy groups -OCH3 is 1. The first-order valence-electron chi connectivity index (χ1n) is 11.3. The van der Waals surface area contributed by atoms with Gasteiger partial charge in [-0.25, -0.2) is 14.5 Å². The number of imidazole rings is 1. The summed E-state index contributed by atoms with van der Waals surface area (Å²) in [6.45, 7) is 4.74. The van der Waals surface area contributed by atoms with Crippen molar-refractivity contribution in [1.29, 1.82) is 0 Å². The molecule has 0 unspecified atom stereocenters. The van der Waals surface area contributed by atoms with Gasteiger partial charge >= 0.3 is 0 Å². The molecule has 0 spiro atoms. The molecule has 1 aliphatic carbocycles. The Morgan fingerprint density at radius 2 is 2.18 bits per heavy atom. The summed E-state index contributed by atoms with van der Waals surface area (Å²) in [5.74, 6) is 2.58. The molecule has 0 aliphatic heterocycles. The number of anilines is 1. The first kappa shape index (κ1) is 21.4. The first-order chi connectivity index (χ1) is 16.2. The summed E-state index contributed by atoms with van der Waals surface area (Å²) in [6.07, 6.45) is 5.62. The normalized spacial score (nSPS) is 16.2. The molecule has 1 saturated carbocycles. The van der Waals surface area contributed by atoms with Gasteiger partial charge in [0.25, 0.3) is 0 Å². The SMILES string of the molecule is CCN(CCOC)c1nccc2oc(-c3cnc4ccc(OC[C@@H]5CCC(=O)C5)nn34)cc12. The monoisotopic (exact) mass is 449 g/mol. The highest BCUT2D eigenvalue weighted by atomic mass is 16.5. The Hall–Kier alpha value is -3.46. The fourth-order valence-electron chi connectivity index (χ4n) is 4.28. The van der Waals surface area contributed by atoms with Gasteiger partial charge in [0.1, 0.15) is 22.9 Å². The maximum absolute atomic E-state index is 11.5. The van der Waals surface area contributed by atoms with E-state index in [-0.39, 0.29) is 5.92 Å². The van der Waals surface area contributed by atoms with Crippen LogP contribution >= 0.6 is 0 Å². The highest BCUT2D eigenvalue weighted by Gasteiger charge is 2.23. The molecule has 1 atom stereocenters. The van der Waals surface area contributed by atoms with E-state index >= 15 is 0 Å². The molecular formula is C24H27N5O4. The summed E-state index contributed by atoms with van der Waals surface area (Å²) in [5.41, 5.74) is 2.18. The van der Waals surface area contributed by atoms with Crippen LogP contribution in [0, 0.1) is 5.92 Å². The lowest BCUT2D eigenvalue weighted by Gasteiger charge is -2.21. The van der Waals surface area contributed by atoms with E-state index in [0.29, 0.717) is 49.1 Å². The summed E-state index contributed by atoms with van der Waals surface area (Å²) in [6, 6.07) is 7.51. The predicted octanol–water partition coefficient (Wildman–Crippen LogP) is 3.76. The van der Waals surface area contributed by atoms with Gasteiger partial charge in [0.05, 0.1) is 24.8 Å². The molecule has 9 heteroatoms. The fourth-order valence-corrected chi connectivity index (χ4v) is 4.28. The zero-order chi connectivity index (χ0) is 22.8. The standard InChI is InChI=1S/C24H27N5O4/c1-3-28(10-11-31-2)24-18-13-21(33-20(18)8-9-25-24)19-14-26-22-6-7-23(27-29(19)22)32-15-16-4-5-17(30)12-16/h6-9,13-14,16H,3-5,10-12,15H2,1-2H3/t16-/m1/s1. The Morgan fingerprint density at radius 3 is 2.97 bits per heavy atom. The van der Waals surface area contributed by atoms with E-state index in [9.17, 15) is 4.79 Å². The van der Waals surface area contributed by atoms with Gasteiger partial charge in [-0.05, 0) is 31.5 Å². The maximum atomic E-state index is 11.5. The molecular weight excluding hydrogens is 422 g/mol. The highest BCUT2D eigenvalue weighted by Crippen LogP contribution is 2.33. The van der Waals surface area contributed by atoms with E-state index in [2.05, 4.69) is 26.9 Å². The van der Waals surface area contributed by atoms with Crippen LogP contribution in [0.25, 0.3) is 28.1 Å². The Morgan fingerprint density at radius 1 is 1.27 bits per heavy atom. The van der Waals surface area contributed by atoms with E-state index in [4.69, 9.17) is 13.9 Å². The molecule has 0 amide bonds. The number of fused-ring (bicyclic) bond motifs is 2. The number of ketones is 1. The summed E-state index contributed by atoms with van der Waals surface area (Å²) >= 11 is 0. The number of likely N-dealkylation sites (N-methyl/N-ethyl adjacent to an activating group) is 1. The molecule has 0 N–H and O–H groups in total. The van der Waals surface area contributed by atoms with Crippen molar-refractivity contribution in [2.75, 3.05) is 38.3 Å². The zero-order valence-corrected chi connectivity index (χ0v) is 18.9. The number of furan rings is 1. The van der Waals surface area contributed by atoms with Gasteiger partial charge in [-0.2, -0.15) is 0 Å². The predicted molar refractivity (Wildman–Crippen MR) is 124 cm³/mol. The minimum Gasteiger partial charge on any atom is -0.476 e. The van der Waals surface area contributed by atoms with Crippen molar-refractivity contribution in [3.8, 4) is 17.3 Å². The van der Waals surface area contributed by atoms with Crippen LogP contribution in [0.15, 0.2) is 41.1 Å². The third-order valence-electron chi connectivity index (χ3n) is 6.08. The molecule has 0 radical (unpaired) electrons. The third kappa shape index (κ3) is 4.28. The number of carbonyl (C=O) groups is 1. The van der Waals surface area contributed by atoms with Crippen LogP contribution < -0.4 is 9.64 Å². The van der Waals surface area contributed by atoms with Crippen molar-refractivity contribution in [2.45, 2.75) is 26.2 Å². The number of hydrogen-bond acceptors (Lipinski definition) is 8. The lowest BCUT2D eigenvalue weighted by molar-refractivity contribution is -0.117. The van der Waals surface area contributed by atoms with Crippen LogP contribution in [0.5, 0.6) is 5.88 Å². The minimum absolute atomic E-state index is 0.262. The van der Waals surface area contributed by atoms with Crippen LogP contribution in [-0.2, 0) is 9.53 Å². The first-order valence-corrected chi connectivity index (χ1v) is 11.3. The van der Waals surface area contributed by atoms with Crippen LogP contribution in [0.1, 0.15) is 26.2 Å².